The summed E-state index contributed by atoms with van der Waals surface area (Å²) in [6, 6.07) is 18.4. The number of pyridine rings is 2. The van der Waals surface area contributed by atoms with E-state index in [0.29, 0.717) is 19.7 Å². The molecule has 0 unspecified atom stereocenters. The molecule has 2 aromatic heterocycles. The molecule has 0 aliphatic heterocycles. The van der Waals surface area contributed by atoms with Gasteiger partial charge in [0.05, 0.1) is 5.52 Å². The number of benzene rings is 2. The van der Waals surface area contributed by atoms with E-state index in [2.05, 4.69) is 21.4 Å². The zero-order valence-corrected chi connectivity index (χ0v) is 16.5. The lowest BCUT2D eigenvalue weighted by atomic mass is 10.1. The number of fused-ring (bicyclic) bond motifs is 1. The van der Waals surface area contributed by atoms with Crippen LogP contribution >= 0.6 is 12.4 Å². The summed E-state index contributed by atoms with van der Waals surface area (Å²) in [6.45, 7) is 1.95. The standard InChI is InChI=1S/C23H20FN3O.ClH/c24-21-6-3-18(4-7-21)20-12-17(15-26-16-20)14-25-10-11-28-22-8-5-19-2-1-9-27-23(19)13-22;/h1-9,12-13,15-16,25H,10-11,14H2;1H. The average molecular weight is 410 g/mol. The van der Waals surface area contributed by atoms with Crippen LogP contribution in [0, 0.1) is 5.82 Å². The zero-order chi connectivity index (χ0) is 19.2. The fourth-order valence-corrected chi connectivity index (χ4v) is 2.99. The van der Waals surface area contributed by atoms with Crippen LogP contribution in [-0.2, 0) is 6.54 Å². The molecule has 4 nitrogen and oxygen atoms in total. The predicted molar refractivity (Wildman–Crippen MR) is 116 cm³/mol. The number of rotatable bonds is 7. The van der Waals surface area contributed by atoms with Gasteiger partial charge in [-0.15, -0.1) is 12.4 Å². The highest BCUT2D eigenvalue weighted by atomic mass is 35.5. The lowest BCUT2D eigenvalue weighted by molar-refractivity contribution is 0.314. The molecule has 1 N–H and O–H groups in total. The number of halogens is 2. The van der Waals surface area contributed by atoms with Gasteiger partial charge in [0.1, 0.15) is 18.2 Å². The summed E-state index contributed by atoms with van der Waals surface area (Å²) >= 11 is 0. The zero-order valence-electron chi connectivity index (χ0n) is 15.7. The summed E-state index contributed by atoms with van der Waals surface area (Å²) in [5, 5.41) is 4.45. The molecule has 2 heterocycles. The van der Waals surface area contributed by atoms with Crippen LogP contribution in [0.5, 0.6) is 5.75 Å². The third-order valence-corrected chi connectivity index (χ3v) is 4.43. The van der Waals surface area contributed by atoms with Gasteiger partial charge >= 0.3 is 0 Å². The van der Waals surface area contributed by atoms with Gasteiger partial charge in [0.25, 0.3) is 0 Å². The molecule has 0 aliphatic rings. The summed E-state index contributed by atoms with van der Waals surface area (Å²) in [7, 11) is 0. The number of nitrogens with zero attached hydrogens (tertiary/aromatic N) is 2. The van der Waals surface area contributed by atoms with Crippen LogP contribution in [0.2, 0.25) is 0 Å². The molecule has 2 aromatic carbocycles. The molecule has 29 heavy (non-hydrogen) atoms. The lowest BCUT2D eigenvalue weighted by Gasteiger charge is -2.09. The molecule has 0 bridgehead atoms. The molecule has 4 aromatic rings. The van der Waals surface area contributed by atoms with Crippen molar-refractivity contribution in [2.45, 2.75) is 6.54 Å². The van der Waals surface area contributed by atoms with Gasteiger partial charge in [-0.2, -0.15) is 0 Å². The number of aromatic nitrogens is 2. The Balaban J connectivity index is 0.00000240. The first-order valence-electron chi connectivity index (χ1n) is 9.16. The Morgan fingerprint density at radius 3 is 2.66 bits per heavy atom. The Kier molecular flexibility index (Phi) is 7.11. The van der Waals surface area contributed by atoms with E-state index in [0.717, 1.165) is 33.3 Å². The third-order valence-electron chi connectivity index (χ3n) is 4.43. The average Bonchev–Trinajstić information content (AvgIpc) is 2.74. The van der Waals surface area contributed by atoms with Crippen molar-refractivity contribution >= 4 is 23.3 Å². The molecule has 0 radical (unpaired) electrons. The molecular weight excluding hydrogens is 389 g/mol. The summed E-state index contributed by atoms with van der Waals surface area (Å²) in [6.07, 6.45) is 5.39. The van der Waals surface area contributed by atoms with Gasteiger partial charge in [0.2, 0.25) is 0 Å². The maximum absolute atomic E-state index is 13.1. The molecule has 0 saturated heterocycles. The first kappa shape index (κ1) is 20.7. The highest BCUT2D eigenvalue weighted by Gasteiger charge is 2.02. The smallest absolute Gasteiger partial charge is 0.123 e. The second-order valence-electron chi connectivity index (χ2n) is 6.47. The highest BCUT2D eigenvalue weighted by molar-refractivity contribution is 5.85. The van der Waals surface area contributed by atoms with Gasteiger partial charge in [-0.3, -0.25) is 9.97 Å². The normalized spacial score (nSPS) is 10.5. The third kappa shape index (κ3) is 5.50. The Bertz CT molecular complexity index is 1070. The van der Waals surface area contributed by atoms with Crippen molar-refractivity contribution in [3.05, 3.63) is 90.6 Å². The molecule has 6 heteroatoms. The molecular formula is C23H21ClFN3O. The van der Waals surface area contributed by atoms with Crippen LogP contribution in [0.15, 0.2) is 79.3 Å². The van der Waals surface area contributed by atoms with Gasteiger partial charge in [-0.25, -0.2) is 4.39 Å². The van der Waals surface area contributed by atoms with Crippen LogP contribution in [0.25, 0.3) is 22.0 Å². The van der Waals surface area contributed by atoms with Crippen LogP contribution in [0.3, 0.4) is 0 Å². The van der Waals surface area contributed by atoms with E-state index >= 15 is 0 Å². The first-order chi connectivity index (χ1) is 13.8. The summed E-state index contributed by atoms with van der Waals surface area (Å²) in [5.41, 5.74) is 3.91. The second-order valence-corrected chi connectivity index (χ2v) is 6.47. The maximum Gasteiger partial charge on any atom is 0.123 e. The quantitative estimate of drug-likeness (QED) is 0.435. The number of hydrogen-bond donors (Lipinski definition) is 1. The van der Waals surface area contributed by atoms with Gasteiger partial charge in [0.15, 0.2) is 0 Å². The molecule has 0 fully saturated rings. The fraction of sp³-hybridized carbons (Fsp3) is 0.130. The van der Waals surface area contributed by atoms with Crippen LogP contribution in [-0.4, -0.2) is 23.1 Å². The second kappa shape index (κ2) is 9.96. The van der Waals surface area contributed by atoms with Crippen LogP contribution in [0.4, 0.5) is 4.39 Å². The van der Waals surface area contributed by atoms with E-state index < -0.39 is 0 Å². The van der Waals surface area contributed by atoms with E-state index in [9.17, 15) is 4.39 Å². The maximum atomic E-state index is 13.1. The van der Waals surface area contributed by atoms with E-state index in [1.165, 1.54) is 12.1 Å². The minimum atomic E-state index is -0.239. The Hall–Kier alpha value is -3.02. The van der Waals surface area contributed by atoms with Crippen molar-refractivity contribution in [2.24, 2.45) is 0 Å². The molecule has 0 aliphatic carbocycles. The Morgan fingerprint density at radius 1 is 0.931 bits per heavy atom. The Labute approximate surface area is 175 Å². The molecule has 0 spiro atoms. The van der Waals surface area contributed by atoms with Gasteiger partial charge in [0, 0.05) is 48.7 Å². The van der Waals surface area contributed by atoms with Crippen molar-refractivity contribution < 1.29 is 9.13 Å². The highest BCUT2D eigenvalue weighted by Crippen LogP contribution is 2.20. The van der Waals surface area contributed by atoms with E-state index in [1.807, 2.05) is 36.5 Å². The van der Waals surface area contributed by atoms with Crippen molar-refractivity contribution in [1.82, 2.24) is 15.3 Å². The summed E-state index contributed by atoms with van der Waals surface area (Å²) in [5.74, 6) is 0.574. The van der Waals surface area contributed by atoms with Gasteiger partial charge < -0.3 is 10.1 Å². The van der Waals surface area contributed by atoms with Crippen molar-refractivity contribution in [2.75, 3.05) is 13.2 Å². The van der Waals surface area contributed by atoms with Gasteiger partial charge in [-0.1, -0.05) is 18.2 Å². The summed E-state index contributed by atoms with van der Waals surface area (Å²) < 4.78 is 18.9. The minimum Gasteiger partial charge on any atom is -0.492 e. The van der Waals surface area contributed by atoms with Crippen LogP contribution in [0.1, 0.15) is 5.56 Å². The van der Waals surface area contributed by atoms with E-state index in [-0.39, 0.29) is 18.2 Å². The Morgan fingerprint density at radius 2 is 1.79 bits per heavy atom. The largest absolute Gasteiger partial charge is 0.492 e. The molecule has 4 rings (SSSR count). The van der Waals surface area contributed by atoms with E-state index in [1.54, 1.807) is 24.5 Å². The molecule has 0 atom stereocenters. The van der Waals surface area contributed by atoms with Crippen molar-refractivity contribution in [1.29, 1.82) is 0 Å². The number of hydrogen-bond acceptors (Lipinski definition) is 4. The topological polar surface area (TPSA) is 47.0 Å². The first-order valence-corrected chi connectivity index (χ1v) is 9.16. The number of ether oxygens (including phenoxy) is 1. The van der Waals surface area contributed by atoms with Gasteiger partial charge in [-0.05, 0) is 47.5 Å². The van der Waals surface area contributed by atoms with Crippen molar-refractivity contribution in [3.8, 4) is 16.9 Å². The number of nitrogens with one attached hydrogen (secondary N) is 1. The van der Waals surface area contributed by atoms with Crippen molar-refractivity contribution in [3.63, 3.8) is 0 Å². The van der Waals surface area contributed by atoms with Crippen LogP contribution < -0.4 is 10.1 Å². The predicted octanol–water partition coefficient (Wildman–Crippen LogP) is 5.03. The SMILES string of the molecule is Cl.Fc1ccc(-c2cncc(CNCCOc3ccc4cccnc4c3)c2)cc1. The lowest BCUT2D eigenvalue weighted by Crippen LogP contribution is -2.20. The molecule has 0 saturated carbocycles. The monoisotopic (exact) mass is 409 g/mol. The minimum absolute atomic E-state index is 0. The summed E-state index contributed by atoms with van der Waals surface area (Å²) in [4.78, 5) is 8.63. The molecule has 148 valence electrons. The van der Waals surface area contributed by atoms with E-state index in [4.69, 9.17) is 4.74 Å². The fourth-order valence-electron chi connectivity index (χ4n) is 2.99. The molecule has 0 amide bonds.